The van der Waals surface area contributed by atoms with Gasteiger partial charge < -0.3 is 5.11 Å². The van der Waals surface area contributed by atoms with E-state index in [2.05, 4.69) is 34.3 Å². The first kappa shape index (κ1) is 15.5. The van der Waals surface area contributed by atoms with Gasteiger partial charge in [-0.05, 0) is 30.9 Å². The summed E-state index contributed by atoms with van der Waals surface area (Å²) in [5.74, 6) is 0. The Hall–Kier alpha value is -1.36. The van der Waals surface area contributed by atoms with Gasteiger partial charge in [0.25, 0.3) is 0 Å². The van der Waals surface area contributed by atoms with Crippen LogP contribution in [-0.2, 0) is 20.0 Å². The molecule has 0 bridgehead atoms. The van der Waals surface area contributed by atoms with Gasteiger partial charge in [-0.1, -0.05) is 35.9 Å². The van der Waals surface area contributed by atoms with Crippen molar-refractivity contribution in [1.29, 1.82) is 0 Å². The number of aliphatic hydroxyl groups excluding tert-OH is 1. The van der Waals surface area contributed by atoms with Crippen LogP contribution in [0.25, 0.3) is 0 Å². The molecule has 0 unspecified atom stereocenters. The van der Waals surface area contributed by atoms with Crippen molar-refractivity contribution < 1.29 is 5.11 Å². The second kappa shape index (κ2) is 6.41. The highest BCUT2D eigenvalue weighted by Crippen LogP contribution is 2.37. The van der Waals surface area contributed by atoms with Crippen LogP contribution < -0.4 is 0 Å². The van der Waals surface area contributed by atoms with E-state index in [4.69, 9.17) is 11.6 Å². The third-order valence-electron chi connectivity index (χ3n) is 4.56. The van der Waals surface area contributed by atoms with Crippen molar-refractivity contribution in [2.75, 3.05) is 13.2 Å². The van der Waals surface area contributed by atoms with Gasteiger partial charge in [0, 0.05) is 31.7 Å². The van der Waals surface area contributed by atoms with Gasteiger partial charge in [0.15, 0.2) is 0 Å². The first-order valence-corrected chi connectivity index (χ1v) is 8.10. The second-order valence-electron chi connectivity index (χ2n) is 5.93. The summed E-state index contributed by atoms with van der Waals surface area (Å²) in [6.45, 7) is 3.50. The molecule has 0 fully saturated rings. The van der Waals surface area contributed by atoms with Crippen LogP contribution in [0.2, 0.25) is 5.15 Å². The molecule has 0 aliphatic heterocycles. The van der Waals surface area contributed by atoms with Crippen LogP contribution in [0.1, 0.15) is 34.8 Å². The van der Waals surface area contributed by atoms with Crippen molar-refractivity contribution in [3.8, 4) is 0 Å². The average Bonchev–Trinajstić information content (AvgIpc) is 3.03. The topological polar surface area (TPSA) is 41.3 Å². The number of hydrogen-bond acceptors (Lipinski definition) is 3. The lowest BCUT2D eigenvalue weighted by molar-refractivity contribution is 0.142. The largest absolute Gasteiger partial charge is 0.395 e. The number of benzene rings is 1. The average molecular weight is 320 g/mol. The van der Waals surface area contributed by atoms with Crippen LogP contribution in [0, 0.1) is 6.92 Å². The van der Waals surface area contributed by atoms with Crippen LogP contribution >= 0.6 is 11.6 Å². The maximum absolute atomic E-state index is 9.47. The zero-order valence-electron chi connectivity index (χ0n) is 13.1. The molecule has 3 rings (SSSR count). The molecule has 1 aliphatic rings. The van der Waals surface area contributed by atoms with Gasteiger partial charge in [-0.15, -0.1) is 0 Å². The zero-order chi connectivity index (χ0) is 15.7. The van der Waals surface area contributed by atoms with E-state index in [-0.39, 0.29) is 6.61 Å². The van der Waals surface area contributed by atoms with Crippen molar-refractivity contribution in [2.45, 2.75) is 32.4 Å². The van der Waals surface area contributed by atoms with E-state index >= 15 is 0 Å². The fourth-order valence-corrected chi connectivity index (χ4v) is 3.68. The summed E-state index contributed by atoms with van der Waals surface area (Å²) >= 11 is 6.38. The van der Waals surface area contributed by atoms with Gasteiger partial charge in [-0.3, -0.25) is 9.58 Å². The minimum atomic E-state index is 0.148. The molecule has 118 valence electrons. The van der Waals surface area contributed by atoms with Crippen molar-refractivity contribution in [3.05, 3.63) is 51.8 Å². The minimum Gasteiger partial charge on any atom is -0.395 e. The minimum absolute atomic E-state index is 0.148. The van der Waals surface area contributed by atoms with E-state index in [0.717, 1.165) is 30.6 Å². The molecular weight excluding hydrogens is 298 g/mol. The smallest absolute Gasteiger partial charge is 0.131 e. The number of aliphatic hydroxyl groups is 1. The fraction of sp³-hybridized carbons (Fsp3) is 0.471. The monoisotopic (exact) mass is 319 g/mol. The SMILES string of the molecule is Cc1nn(C)c(Cl)c1CN(CCO)[C@H]1CCc2ccccc21. The molecule has 4 nitrogen and oxygen atoms in total. The highest BCUT2D eigenvalue weighted by molar-refractivity contribution is 6.30. The lowest BCUT2D eigenvalue weighted by Gasteiger charge is -2.29. The number of hydrogen-bond donors (Lipinski definition) is 1. The standard InChI is InChI=1S/C17H22ClN3O/c1-12-15(17(18)20(2)19-12)11-21(9-10-22)16-8-7-13-5-3-4-6-14(13)16/h3-6,16,22H,7-11H2,1-2H3/t16-/m0/s1. The maximum atomic E-state index is 9.47. The molecule has 1 aromatic carbocycles. The molecule has 2 aromatic rings. The number of halogens is 1. The van der Waals surface area contributed by atoms with Crippen LogP contribution in [-0.4, -0.2) is 32.9 Å². The number of aromatic nitrogens is 2. The number of aryl methyl sites for hydroxylation is 3. The Balaban J connectivity index is 1.88. The van der Waals surface area contributed by atoms with Gasteiger partial charge in [0.05, 0.1) is 12.3 Å². The summed E-state index contributed by atoms with van der Waals surface area (Å²) in [4.78, 5) is 2.32. The summed E-state index contributed by atoms with van der Waals surface area (Å²) < 4.78 is 1.71. The molecule has 0 amide bonds. The molecule has 0 saturated heterocycles. The molecule has 0 spiro atoms. The Kier molecular flexibility index (Phi) is 4.52. The van der Waals surface area contributed by atoms with Crippen molar-refractivity contribution >= 4 is 11.6 Å². The summed E-state index contributed by atoms with van der Waals surface area (Å²) in [7, 11) is 1.86. The second-order valence-corrected chi connectivity index (χ2v) is 6.28. The Labute approximate surface area is 136 Å². The number of rotatable bonds is 5. The summed E-state index contributed by atoms with van der Waals surface area (Å²) in [6.07, 6.45) is 2.19. The number of fused-ring (bicyclic) bond motifs is 1. The molecule has 1 heterocycles. The zero-order valence-corrected chi connectivity index (χ0v) is 13.8. The van der Waals surface area contributed by atoms with E-state index in [9.17, 15) is 5.11 Å². The molecular formula is C17H22ClN3O. The van der Waals surface area contributed by atoms with Crippen molar-refractivity contribution in [1.82, 2.24) is 14.7 Å². The van der Waals surface area contributed by atoms with E-state index in [1.807, 2.05) is 14.0 Å². The number of nitrogens with zero attached hydrogens (tertiary/aromatic N) is 3. The van der Waals surface area contributed by atoms with Crippen LogP contribution in [0.3, 0.4) is 0 Å². The lowest BCUT2D eigenvalue weighted by Crippen LogP contribution is -2.30. The van der Waals surface area contributed by atoms with Crippen LogP contribution in [0.15, 0.2) is 24.3 Å². The molecule has 5 heteroatoms. The fourth-order valence-electron chi connectivity index (χ4n) is 3.44. The van der Waals surface area contributed by atoms with Crippen molar-refractivity contribution in [2.24, 2.45) is 7.05 Å². The van der Waals surface area contributed by atoms with Crippen LogP contribution in [0.4, 0.5) is 0 Å². The molecule has 1 aliphatic carbocycles. The Morgan fingerprint density at radius 3 is 2.86 bits per heavy atom. The molecule has 22 heavy (non-hydrogen) atoms. The first-order valence-electron chi connectivity index (χ1n) is 7.72. The van der Waals surface area contributed by atoms with Gasteiger partial charge in [0.1, 0.15) is 5.15 Å². The molecule has 0 radical (unpaired) electrons. The summed E-state index contributed by atoms with van der Waals surface area (Å²) in [5.41, 5.74) is 4.82. The quantitative estimate of drug-likeness (QED) is 0.921. The van der Waals surface area contributed by atoms with E-state index in [1.54, 1.807) is 4.68 Å². The van der Waals surface area contributed by atoms with Crippen molar-refractivity contribution in [3.63, 3.8) is 0 Å². The maximum Gasteiger partial charge on any atom is 0.131 e. The predicted octanol–water partition coefficient (Wildman–Crippen LogP) is 2.86. The van der Waals surface area contributed by atoms with E-state index in [0.29, 0.717) is 17.7 Å². The molecule has 1 aromatic heterocycles. The van der Waals surface area contributed by atoms with E-state index in [1.165, 1.54) is 11.1 Å². The predicted molar refractivity (Wildman–Crippen MR) is 88.0 cm³/mol. The normalized spacial score (nSPS) is 17.2. The Morgan fingerprint density at radius 2 is 2.18 bits per heavy atom. The molecule has 1 N–H and O–H groups in total. The summed E-state index contributed by atoms with van der Waals surface area (Å²) in [5, 5.41) is 14.5. The third kappa shape index (κ3) is 2.78. The van der Waals surface area contributed by atoms with E-state index < -0.39 is 0 Å². The lowest BCUT2D eigenvalue weighted by atomic mass is 10.1. The van der Waals surface area contributed by atoms with Gasteiger partial charge >= 0.3 is 0 Å². The Bertz CT molecular complexity index is 668. The third-order valence-corrected chi connectivity index (χ3v) is 5.03. The van der Waals surface area contributed by atoms with Crippen LogP contribution in [0.5, 0.6) is 0 Å². The van der Waals surface area contributed by atoms with Gasteiger partial charge in [-0.25, -0.2) is 0 Å². The first-order chi connectivity index (χ1) is 10.6. The Morgan fingerprint density at radius 1 is 1.41 bits per heavy atom. The van der Waals surface area contributed by atoms with Gasteiger partial charge in [-0.2, -0.15) is 5.10 Å². The van der Waals surface area contributed by atoms with Gasteiger partial charge in [0.2, 0.25) is 0 Å². The highest BCUT2D eigenvalue weighted by Gasteiger charge is 2.28. The molecule has 1 atom stereocenters. The highest BCUT2D eigenvalue weighted by atomic mass is 35.5. The summed E-state index contributed by atoms with van der Waals surface area (Å²) in [6, 6.07) is 8.94. The molecule has 0 saturated carbocycles.